The molecule has 5 nitrogen and oxygen atoms in total. The molecule has 5 rings (SSSR count). The maximum Gasteiger partial charge on any atom is 0.327 e. The molecule has 0 spiro atoms. The summed E-state index contributed by atoms with van der Waals surface area (Å²) in [5.41, 5.74) is -1.89. The Hall–Kier alpha value is -2.99. The number of rotatable bonds is 7. The number of hydrogen-bond donors (Lipinski definition) is 1. The number of nitriles is 1. The van der Waals surface area contributed by atoms with E-state index in [1.807, 2.05) is 30.3 Å². The van der Waals surface area contributed by atoms with Crippen LogP contribution in [-0.2, 0) is 15.1 Å². The van der Waals surface area contributed by atoms with Crippen molar-refractivity contribution in [1.29, 1.82) is 5.26 Å². The third-order valence-electron chi connectivity index (χ3n) is 8.42. The fraction of sp³-hybridized carbons (Fsp3) is 0.229. The number of esters is 1. The molecule has 1 saturated carbocycles. The molecule has 0 saturated heterocycles. The van der Waals surface area contributed by atoms with Gasteiger partial charge in [-0.1, -0.05) is 91.5 Å². The van der Waals surface area contributed by atoms with E-state index in [0.717, 1.165) is 4.47 Å². The van der Waals surface area contributed by atoms with Crippen LogP contribution in [0.2, 0.25) is 10.0 Å². The maximum absolute atomic E-state index is 14.8. The van der Waals surface area contributed by atoms with Gasteiger partial charge in [0.25, 0.3) is 0 Å². The van der Waals surface area contributed by atoms with Crippen molar-refractivity contribution in [2.45, 2.75) is 30.8 Å². The van der Waals surface area contributed by atoms with Crippen LogP contribution in [0, 0.1) is 22.7 Å². The second-order valence-electron chi connectivity index (χ2n) is 10.8. The van der Waals surface area contributed by atoms with Crippen LogP contribution in [0.25, 0.3) is 0 Å². The van der Waals surface area contributed by atoms with E-state index in [2.05, 4.69) is 37.9 Å². The van der Waals surface area contributed by atoms with Crippen molar-refractivity contribution in [3.8, 4) is 6.07 Å². The monoisotopic (exact) mass is 753 g/mol. The van der Waals surface area contributed by atoms with Gasteiger partial charge in [-0.15, -0.1) is 0 Å². The summed E-state index contributed by atoms with van der Waals surface area (Å²) in [6.07, 6.45) is -0.133. The summed E-state index contributed by atoms with van der Waals surface area (Å²) in [6, 6.07) is 29.9. The summed E-state index contributed by atoms with van der Waals surface area (Å²) in [5.74, 6) is -4.54. The standard InChI is InChI=1S/C35H27Br2Cl2NO4/c1-2-44-33(42)34(20-40)29(22-5-3-7-25(36)17-22)19-35(43,24-11-15-28(39)16-12-24)31(30(34)23-6-4-8-26(37)18-23)32(41)21-9-13-27(38)14-10-21/h3-18,29-31,43H,2,19H2,1H3/t29-,30-,31-,34+,35-/m0/s1. The van der Waals surface area contributed by atoms with Crippen LogP contribution in [0.1, 0.15) is 52.2 Å². The lowest BCUT2D eigenvalue weighted by molar-refractivity contribution is -0.164. The minimum atomic E-state index is -1.91. The number of aliphatic hydroxyl groups is 1. The molecule has 44 heavy (non-hydrogen) atoms. The first-order valence-electron chi connectivity index (χ1n) is 13.9. The van der Waals surface area contributed by atoms with Crippen LogP contribution >= 0.6 is 55.1 Å². The Morgan fingerprint density at radius 2 is 1.45 bits per heavy atom. The Bertz CT molecular complexity index is 1740. The molecule has 4 aromatic rings. The molecular formula is C35H27Br2Cl2NO4. The highest BCUT2D eigenvalue weighted by atomic mass is 79.9. The Morgan fingerprint density at radius 3 is 2.00 bits per heavy atom. The van der Waals surface area contributed by atoms with Crippen LogP contribution in [0.5, 0.6) is 0 Å². The van der Waals surface area contributed by atoms with Crippen molar-refractivity contribution in [2.24, 2.45) is 11.3 Å². The summed E-state index contributed by atoms with van der Waals surface area (Å²) in [7, 11) is 0. The highest BCUT2D eigenvalue weighted by Gasteiger charge is 2.67. The van der Waals surface area contributed by atoms with Gasteiger partial charge in [-0.3, -0.25) is 9.59 Å². The number of benzene rings is 4. The van der Waals surface area contributed by atoms with Crippen molar-refractivity contribution >= 4 is 66.8 Å². The molecule has 0 bridgehead atoms. The van der Waals surface area contributed by atoms with Crippen LogP contribution in [0.15, 0.2) is 106 Å². The van der Waals surface area contributed by atoms with Gasteiger partial charge in [0.05, 0.1) is 18.6 Å². The fourth-order valence-electron chi connectivity index (χ4n) is 6.52. The molecule has 0 aliphatic heterocycles. The van der Waals surface area contributed by atoms with Gasteiger partial charge in [-0.2, -0.15) is 5.26 Å². The second kappa shape index (κ2) is 13.2. The van der Waals surface area contributed by atoms with Crippen molar-refractivity contribution in [1.82, 2.24) is 0 Å². The molecule has 9 heteroatoms. The third kappa shape index (κ3) is 5.87. The van der Waals surface area contributed by atoms with Gasteiger partial charge in [0.1, 0.15) is 5.60 Å². The summed E-state index contributed by atoms with van der Waals surface area (Å²) >= 11 is 19.5. The molecule has 0 radical (unpaired) electrons. The number of carbonyl (C=O) groups is 2. The van der Waals surface area contributed by atoms with E-state index in [-0.39, 0.29) is 18.6 Å². The van der Waals surface area contributed by atoms with Crippen LogP contribution in [-0.4, -0.2) is 23.5 Å². The van der Waals surface area contributed by atoms with Crippen LogP contribution in [0.3, 0.4) is 0 Å². The normalized spacial score (nSPS) is 24.7. The fourth-order valence-corrected chi connectivity index (χ4v) is 7.61. The zero-order chi connectivity index (χ0) is 31.6. The van der Waals surface area contributed by atoms with E-state index in [1.165, 1.54) is 0 Å². The predicted octanol–water partition coefficient (Wildman–Crippen LogP) is 9.25. The van der Waals surface area contributed by atoms with Gasteiger partial charge in [-0.25, -0.2) is 0 Å². The molecule has 224 valence electrons. The molecule has 0 unspecified atom stereocenters. The largest absolute Gasteiger partial charge is 0.465 e. The lowest BCUT2D eigenvalue weighted by Gasteiger charge is -2.54. The van der Waals surface area contributed by atoms with Gasteiger partial charge in [0, 0.05) is 36.4 Å². The average molecular weight is 756 g/mol. The molecule has 0 aromatic heterocycles. The first kappa shape index (κ1) is 32.4. The smallest absolute Gasteiger partial charge is 0.327 e. The number of Topliss-reactive ketones (excluding diaryl/α,β-unsaturated/α-hetero) is 1. The molecule has 0 heterocycles. The lowest BCUT2D eigenvalue weighted by atomic mass is 9.47. The molecule has 1 N–H and O–H groups in total. The third-order valence-corrected chi connectivity index (χ3v) is 9.91. The van der Waals surface area contributed by atoms with Gasteiger partial charge in [0.15, 0.2) is 11.2 Å². The number of ether oxygens (including phenoxy) is 1. The molecule has 0 amide bonds. The van der Waals surface area contributed by atoms with Crippen LogP contribution < -0.4 is 0 Å². The lowest BCUT2D eigenvalue weighted by Crippen LogP contribution is -2.59. The quantitative estimate of drug-likeness (QED) is 0.150. The van der Waals surface area contributed by atoms with E-state index < -0.39 is 40.5 Å². The zero-order valence-electron chi connectivity index (χ0n) is 23.5. The Kier molecular flexibility index (Phi) is 9.69. The Labute approximate surface area is 283 Å². The van der Waals surface area contributed by atoms with E-state index in [9.17, 15) is 20.0 Å². The minimum Gasteiger partial charge on any atom is -0.465 e. The zero-order valence-corrected chi connectivity index (χ0v) is 28.2. The van der Waals surface area contributed by atoms with E-state index in [4.69, 9.17) is 27.9 Å². The van der Waals surface area contributed by atoms with E-state index in [1.54, 1.807) is 73.7 Å². The van der Waals surface area contributed by atoms with Crippen molar-refractivity contribution in [2.75, 3.05) is 6.61 Å². The van der Waals surface area contributed by atoms with E-state index >= 15 is 0 Å². The van der Waals surface area contributed by atoms with Crippen molar-refractivity contribution in [3.05, 3.63) is 138 Å². The molecule has 1 aliphatic rings. The Balaban J connectivity index is 1.91. The van der Waals surface area contributed by atoms with Gasteiger partial charge in [0.2, 0.25) is 0 Å². The molecule has 5 atom stereocenters. The average Bonchev–Trinajstić information content (AvgIpc) is 3.01. The van der Waals surface area contributed by atoms with Crippen LogP contribution in [0.4, 0.5) is 0 Å². The maximum atomic E-state index is 14.8. The number of hydrogen-bond acceptors (Lipinski definition) is 5. The summed E-state index contributed by atoms with van der Waals surface area (Å²) in [6.45, 7) is 1.70. The summed E-state index contributed by atoms with van der Waals surface area (Å²) in [4.78, 5) is 29.1. The second-order valence-corrected chi connectivity index (χ2v) is 13.5. The number of ketones is 1. The number of nitrogens with zero attached hydrogens (tertiary/aromatic N) is 1. The number of carbonyl (C=O) groups excluding carboxylic acids is 2. The molecule has 1 fully saturated rings. The highest BCUT2D eigenvalue weighted by molar-refractivity contribution is 9.10. The minimum absolute atomic E-state index is 0.0237. The van der Waals surface area contributed by atoms with Crippen molar-refractivity contribution in [3.63, 3.8) is 0 Å². The summed E-state index contributed by atoms with van der Waals surface area (Å²) in [5, 5.41) is 25.2. The number of halogens is 4. The van der Waals surface area contributed by atoms with Gasteiger partial charge in [-0.05, 0) is 90.7 Å². The van der Waals surface area contributed by atoms with Gasteiger partial charge >= 0.3 is 5.97 Å². The topological polar surface area (TPSA) is 87.4 Å². The first-order valence-corrected chi connectivity index (χ1v) is 16.3. The summed E-state index contributed by atoms with van der Waals surface area (Å²) < 4.78 is 7.08. The molecule has 4 aromatic carbocycles. The van der Waals surface area contributed by atoms with Crippen molar-refractivity contribution < 1.29 is 19.4 Å². The predicted molar refractivity (Wildman–Crippen MR) is 178 cm³/mol. The Morgan fingerprint density at radius 1 is 0.909 bits per heavy atom. The first-order chi connectivity index (χ1) is 21.0. The highest BCUT2D eigenvalue weighted by Crippen LogP contribution is 2.64. The molecule has 1 aliphatic carbocycles. The molecular weight excluding hydrogens is 729 g/mol. The van der Waals surface area contributed by atoms with E-state index in [0.29, 0.717) is 31.2 Å². The van der Waals surface area contributed by atoms with Gasteiger partial charge < -0.3 is 9.84 Å². The SMILES string of the molecule is CCOC(=O)[C@]1(C#N)[C@H](c2cccc(Br)c2)C[C@](O)(c2ccc(Cl)cc2)[C@H](C(=O)c2ccc(Cl)cc2)[C@@H]1c1cccc(Br)c1.